The lowest BCUT2D eigenvalue weighted by Crippen LogP contribution is -2.45. The molecule has 1 aromatic carbocycles. The fraction of sp³-hybridized carbons (Fsp3) is 0.312. The molecular weight excluding hydrogens is 320 g/mol. The Labute approximate surface area is 136 Å². The largest absolute Gasteiger partial charge is 0.243 e. The molecule has 0 amide bonds. The van der Waals surface area contributed by atoms with Crippen LogP contribution in [0, 0.1) is 6.92 Å². The third kappa shape index (κ3) is 4.53. The molecule has 1 heterocycles. The molecule has 0 unspecified atom stereocenters. The number of pyridine rings is 1. The number of aromatic nitrogens is 1. The quantitative estimate of drug-likeness (QED) is 0.850. The molecule has 118 valence electrons. The number of hydrogen-bond donors (Lipinski definition) is 1. The topological polar surface area (TPSA) is 59.1 Å². The van der Waals surface area contributed by atoms with Crippen LogP contribution in [0.1, 0.15) is 25.0 Å². The number of halogens is 1. The molecule has 22 heavy (non-hydrogen) atoms. The molecule has 0 aliphatic heterocycles. The number of rotatable bonds is 5. The molecule has 0 spiro atoms. The Morgan fingerprint density at radius 1 is 1.14 bits per heavy atom. The minimum atomic E-state index is -3.63. The lowest BCUT2D eigenvalue weighted by Gasteiger charge is -2.26. The summed E-state index contributed by atoms with van der Waals surface area (Å²) in [7, 11) is -3.63. The summed E-state index contributed by atoms with van der Waals surface area (Å²) in [6, 6.07) is 11.0. The van der Waals surface area contributed by atoms with Crippen molar-refractivity contribution in [3.63, 3.8) is 0 Å². The Balaban J connectivity index is 2.16. The highest BCUT2D eigenvalue weighted by Crippen LogP contribution is 2.18. The molecule has 0 atom stereocenters. The molecule has 0 saturated carbocycles. The summed E-state index contributed by atoms with van der Waals surface area (Å²) in [5, 5.41) is 0.262. The van der Waals surface area contributed by atoms with Crippen LogP contribution >= 0.6 is 11.6 Å². The van der Waals surface area contributed by atoms with Crippen LogP contribution in [0.5, 0.6) is 0 Å². The van der Waals surface area contributed by atoms with E-state index in [9.17, 15) is 8.42 Å². The Hall–Kier alpha value is -1.43. The Morgan fingerprint density at radius 2 is 1.77 bits per heavy atom. The first kappa shape index (κ1) is 16.9. The fourth-order valence-electron chi connectivity index (χ4n) is 2.20. The summed E-state index contributed by atoms with van der Waals surface area (Å²) >= 11 is 5.69. The molecule has 1 aromatic heterocycles. The van der Waals surface area contributed by atoms with E-state index in [0.717, 1.165) is 5.56 Å². The molecule has 1 N–H and O–H groups in total. The third-order valence-electron chi connectivity index (χ3n) is 3.19. The lowest BCUT2D eigenvalue weighted by molar-refractivity contribution is 0.450. The van der Waals surface area contributed by atoms with Crippen LogP contribution in [0.25, 0.3) is 0 Å². The van der Waals surface area contributed by atoms with E-state index in [1.54, 1.807) is 0 Å². The standard InChI is InChI=1S/C16H19ClN2O2S/c1-12-4-6-13(7-5-12)10-16(2,3)19-22(20,21)14-8-9-15(17)18-11-14/h4-9,11,19H,10H2,1-3H3. The van der Waals surface area contributed by atoms with Crippen LogP contribution in [0.3, 0.4) is 0 Å². The van der Waals surface area contributed by atoms with Crippen LogP contribution in [0.15, 0.2) is 47.5 Å². The molecule has 6 heteroatoms. The van der Waals surface area contributed by atoms with Gasteiger partial charge < -0.3 is 0 Å². The van der Waals surface area contributed by atoms with Gasteiger partial charge >= 0.3 is 0 Å². The maximum absolute atomic E-state index is 12.4. The Kier molecular flexibility index (Phi) is 4.90. The van der Waals surface area contributed by atoms with Gasteiger partial charge in [0.15, 0.2) is 0 Å². The van der Waals surface area contributed by atoms with Crippen molar-refractivity contribution in [2.45, 2.75) is 37.6 Å². The summed E-state index contributed by atoms with van der Waals surface area (Å²) < 4.78 is 27.5. The van der Waals surface area contributed by atoms with Crippen molar-refractivity contribution in [3.05, 3.63) is 58.9 Å². The maximum Gasteiger partial charge on any atom is 0.242 e. The first-order valence-corrected chi connectivity index (χ1v) is 8.75. The maximum atomic E-state index is 12.4. The SMILES string of the molecule is Cc1ccc(CC(C)(C)NS(=O)(=O)c2ccc(Cl)nc2)cc1. The average Bonchev–Trinajstić information content (AvgIpc) is 2.40. The van der Waals surface area contributed by atoms with Gasteiger partial charge in [-0.05, 0) is 44.9 Å². The van der Waals surface area contributed by atoms with E-state index in [1.165, 1.54) is 23.9 Å². The van der Waals surface area contributed by atoms with Crippen molar-refractivity contribution < 1.29 is 8.42 Å². The van der Waals surface area contributed by atoms with Crippen molar-refractivity contribution in [2.24, 2.45) is 0 Å². The number of benzene rings is 1. The van der Waals surface area contributed by atoms with E-state index < -0.39 is 15.6 Å². The van der Waals surface area contributed by atoms with E-state index >= 15 is 0 Å². The van der Waals surface area contributed by atoms with E-state index in [2.05, 4.69) is 9.71 Å². The van der Waals surface area contributed by atoms with Gasteiger partial charge in [0.25, 0.3) is 0 Å². The zero-order valence-corrected chi connectivity index (χ0v) is 14.4. The Morgan fingerprint density at radius 3 is 2.32 bits per heavy atom. The van der Waals surface area contributed by atoms with E-state index in [1.807, 2.05) is 45.0 Å². The summed E-state index contributed by atoms with van der Waals surface area (Å²) in [6.07, 6.45) is 1.85. The smallest absolute Gasteiger partial charge is 0.242 e. The molecule has 2 rings (SSSR count). The normalized spacial score (nSPS) is 12.4. The molecule has 0 saturated heterocycles. The molecule has 0 aliphatic carbocycles. The fourth-order valence-corrected chi connectivity index (χ4v) is 3.66. The van der Waals surface area contributed by atoms with Crippen molar-refractivity contribution >= 4 is 21.6 Å². The summed E-state index contributed by atoms with van der Waals surface area (Å²) in [6.45, 7) is 5.73. The van der Waals surface area contributed by atoms with Gasteiger partial charge in [0.05, 0.1) is 0 Å². The Bertz CT molecular complexity index is 739. The van der Waals surface area contributed by atoms with Crippen LogP contribution in [-0.2, 0) is 16.4 Å². The van der Waals surface area contributed by atoms with Crippen molar-refractivity contribution in [3.8, 4) is 0 Å². The molecule has 2 aromatic rings. The van der Waals surface area contributed by atoms with Gasteiger partial charge in [0.2, 0.25) is 10.0 Å². The zero-order valence-electron chi connectivity index (χ0n) is 12.8. The van der Waals surface area contributed by atoms with Crippen LogP contribution in [0.4, 0.5) is 0 Å². The third-order valence-corrected chi connectivity index (χ3v) is 5.09. The van der Waals surface area contributed by atoms with Crippen LogP contribution in [-0.4, -0.2) is 18.9 Å². The summed E-state index contributed by atoms with van der Waals surface area (Å²) in [5.74, 6) is 0. The van der Waals surface area contributed by atoms with Gasteiger partial charge in [-0.15, -0.1) is 0 Å². The monoisotopic (exact) mass is 338 g/mol. The molecule has 4 nitrogen and oxygen atoms in total. The number of sulfonamides is 1. The van der Waals surface area contributed by atoms with Gasteiger partial charge in [-0.25, -0.2) is 18.1 Å². The molecule has 0 radical (unpaired) electrons. The molecule has 0 fully saturated rings. The van der Waals surface area contributed by atoms with Gasteiger partial charge in [-0.1, -0.05) is 41.4 Å². The average molecular weight is 339 g/mol. The van der Waals surface area contributed by atoms with Crippen molar-refractivity contribution in [1.82, 2.24) is 9.71 Å². The van der Waals surface area contributed by atoms with Gasteiger partial charge in [-0.3, -0.25) is 0 Å². The van der Waals surface area contributed by atoms with E-state index in [4.69, 9.17) is 11.6 Å². The number of nitrogens with one attached hydrogen (secondary N) is 1. The zero-order chi connectivity index (χ0) is 16.4. The molecule has 0 aliphatic rings. The first-order chi connectivity index (χ1) is 10.2. The number of nitrogens with zero attached hydrogens (tertiary/aromatic N) is 1. The van der Waals surface area contributed by atoms with Gasteiger partial charge in [-0.2, -0.15) is 0 Å². The van der Waals surface area contributed by atoms with E-state index in [0.29, 0.717) is 6.42 Å². The molecular formula is C16H19ClN2O2S. The predicted octanol–water partition coefficient (Wildman–Crippen LogP) is 3.34. The lowest BCUT2D eigenvalue weighted by atomic mass is 9.96. The summed E-state index contributed by atoms with van der Waals surface area (Å²) in [5.41, 5.74) is 1.63. The van der Waals surface area contributed by atoms with Crippen molar-refractivity contribution in [2.75, 3.05) is 0 Å². The van der Waals surface area contributed by atoms with Gasteiger partial charge in [0.1, 0.15) is 10.0 Å². The minimum Gasteiger partial charge on any atom is -0.243 e. The number of aryl methyl sites for hydroxylation is 1. The predicted molar refractivity (Wildman–Crippen MR) is 88.5 cm³/mol. The highest BCUT2D eigenvalue weighted by molar-refractivity contribution is 7.89. The van der Waals surface area contributed by atoms with E-state index in [-0.39, 0.29) is 10.0 Å². The van der Waals surface area contributed by atoms with Crippen LogP contribution in [0.2, 0.25) is 5.15 Å². The second-order valence-electron chi connectivity index (χ2n) is 5.97. The second-order valence-corrected chi connectivity index (χ2v) is 8.04. The number of hydrogen-bond acceptors (Lipinski definition) is 3. The van der Waals surface area contributed by atoms with Crippen molar-refractivity contribution in [1.29, 1.82) is 0 Å². The first-order valence-electron chi connectivity index (χ1n) is 6.89. The second kappa shape index (κ2) is 6.36. The van der Waals surface area contributed by atoms with Crippen LogP contribution < -0.4 is 4.72 Å². The minimum absolute atomic E-state index is 0.105. The summed E-state index contributed by atoms with van der Waals surface area (Å²) in [4.78, 5) is 3.92. The van der Waals surface area contributed by atoms with Gasteiger partial charge in [0, 0.05) is 11.7 Å². The highest BCUT2D eigenvalue weighted by Gasteiger charge is 2.26. The molecule has 0 bridgehead atoms. The highest BCUT2D eigenvalue weighted by atomic mass is 35.5.